The predicted octanol–water partition coefficient (Wildman–Crippen LogP) is -0.0471. The maximum Gasteiger partial charge on any atom is 0.251 e. The molecular formula is C17H16N8O. The average Bonchev–Trinajstić information content (AvgIpc) is 3.18. The van der Waals surface area contributed by atoms with Crippen molar-refractivity contribution in [2.24, 2.45) is 0 Å². The van der Waals surface area contributed by atoms with Crippen molar-refractivity contribution in [2.75, 3.05) is 37.6 Å². The Morgan fingerprint density at radius 3 is 2.81 bits per heavy atom. The highest BCUT2D eigenvalue weighted by Gasteiger charge is 2.40. The maximum atomic E-state index is 12.9. The molecule has 0 spiro atoms. The number of amides is 1. The van der Waals surface area contributed by atoms with Gasteiger partial charge in [0, 0.05) is 26.2 Å². The molecule has 2 fully saturated rings. The number of nitriles is 2. The van der Waals surface area contributed by atoms with E-state index in [1.165, 1.54) is 6.33 Å². The summed E-state index contributed by atoms with van der Waals surface area (Å²) in [7, 11) is 0. The molecule has 9 nitrogen and oxygen atoms in total. The Balaban J connectivity index is 1.57. The van der Waals surface area contributed by atoms with E-state index in [0.29, 0.717) is 43.4 Å². The predicted molar refractivity (Wildman–Crippen MR) is 91.0 cm³/mol. The first-order valence-corrected chi connectivity index (χ1v) is 8.32. The van der Waals surface area contributed by atoms with Crippen LogP contribution in [0.15, 0.2) is 30.6 Å². The Morgan fingerprint density at radius 2 is 2.00 bits per heavy atom. The van der Waals surface area contributed by atoms with Crippen molar-refractivity contribution in [3.8, 4) is 17.9 Å². The highest BCUT2D eigenvalue weighted by molar-refractivity contribution is 5.96. The zero-order valence-corrected chi connectivity index (χ0v) is 14.0. The number of nitrogens with zero attached hydrogens (tertiary/aromatic N) is 8. The van der Waals surface area contributed by atoms with Crippen molar-refractivity contribution in [1.29, 1.82) is 10.5 Å². The molecule has 2 aliphatic rings. The molecule has 9 heteroatoms. The van der Waals surface area contributed by atoms with Crippen molar-refractivity contribution < 1.29 is 4.79 Å². The van der Waals surface area contributed by atoms with Crippen molar-refractivity contribution in [1.82, 2.24) is 24.6 Å². The monoisotopic (exact) mass is 348 g/mol. The number of rotatable bonds is 2. The van der Waals surface area contributed by atoms with Crippen molar-refractivity contribution in [3.63, 3.8) is 0 Å². The third-order valence-electron chi connectivity index (χ3n) is 4.76. The molecule has 1 aromatic heterocycles. The summed E-state index contributed by atoms with van der Waals surface area (Å²) in [6.07, 6.45) is 3.66. The zero-order valence-electron chi connectivity index (χ0n) is 14.0. The van der Waals surface area contributed by atoms with Crippen LogP contribution in [0.4, 0.5) is 5.95 Å². The van der Waals surface area contributed by atoms with Gasteiger partial charge in [0.1, 0.15) is 12.4 Å². The van der Waals surface area contributed by atoms with Crippen LogP contribution in [0, 0.1) is 22.8 Å². The third-order valence-corrected chi connectivity index (χ3v) is 4.76. The smallest absolute Gasteiger partial charge is 0.251 e. The topological polar surface area (TPSA) is 105 Å². The number of benzene rings is 1. The molecule has 0 radical (unpaired) electrons. The molecule has 0 aliphatic carbocycles. The minimum atomic E-state index is -0.342. The summed E-state index contributed by atoms with van der Waals surface area (Å²) in [6, 6.07) is 8.78. The number of hydrogen-bond donors (Lipinski definition) is 0. The number of hydrogen-bond acceptors (Lipinski definition) is 7. The molecular weight excluding hydrogens is 332 g/mol. The first-order valence-electron chi connectivity index (χ1n) is 8.32. The molecule has 1 amide bonds. The van der Waals surface area contributed by atoms with Crippen LogP contribution in [0.3, 0.4) is 0 Å². The summed E-state index contributed by atoms with van der Waals surface area (Å²) in [5.41, 5.74) is 1.24. The van der Waals surface area contributed by atoms with Gasteiger partial charge in [0.25, 0.3) is 5.95 Å². The van der Waals surface area contributed by atoms with Crippen molar-refractivity contribution in [3.05, 3.63) is 36.2 Å². The lowest BCUT2D eigenvalue weighted by atomic mass is 10.1. The van der Waals surface area contributed by atoms with E-state index in [0.717, 1.165) is 6.54 Å². The second kappa shape index (κ2) is 6.47. The molecule has 2 aliphatic heterocycles. The van der Waals surface area contributed by atoms with Gasteiger partial charge in [0.05, 0.1) is 23.9 Å². The van der Waals surface area contributed by atoms with Gasteiger partial charge in [0.2, 0.25) is 5.91 Å². The Morgan fingerprint density at radius 1 is 1.15 bits per heavy atom. The van der Waals surface area contributed by atoms with E-state index < -0.39 is 0 Å². The summed E-state index contributed by atoms with van der Waals surface area (Å²) >= 11 is 0. The lowest BCUT2D eigenvalue weighted by molar-refractivity contribution is -0.128. The van der Waals surface area contributed by atoms with Crippen LogP contribution < -0.4 is 4.90 Å². The van der Waals surface area contributed by atoms with Gasteiger partial charge in [-0.3, -0.25) is 14.6 Å². The zero-order chi connectivity index (χ0) is 18.1. The van der Waals surface area contributed by atoms with Gasteiger partial charge in [-0.25, -0.2) is 4.68 Å². The molecule has 3 heterocycles. The van der Waals surface area contributed by atoms with E-state index in [1.807, 2.05) is 6.07 Å². The van der Waals surface area contributed by atoms with E-state index in [9.17, 15) is 4.79 Å². The normalized spacial score (nSPS) is 20.4. The van der Waals surface area contributed by atoms with Crippen molar-refractivity contribution in [2.45, 2.75) is 6.04 Å². The standard InChI is InChI=1S/C17H16N8O/c18-9-13-2-1-3-14(8-13)25-12-20-17(21-25)24-7-6-23-5-4-22(11-19)10-15(23)16(24)26/h1-3,8,12,15H,4-7,10H2. The van der Waals surface area contributed by atoms with Crippen molar-refractivity contribution >= 4 is 11.9 Å². The van der Waals surface area contributed by atoms with Crippen LogP contribution in [-0.2, 0) is 4.79 Å². The lowest BCUT2D eigenvalue weighted by Gasteiger charge is -2.44. The van der Waals surface area contributed by atoms with Crippen LogP contribution >= 0.6 is 0 Å². The van der Waals surface area contributed by atoms with Crippen LogP contribution in [0.25, 0.3) is 5.69 Å². The van der Waals surface area contributed by atoms with E-state index in [2.05, 4.69) is 27.2 Å². The molecule has 1 unspecified atom stereocenters. The Labute approximate surface area is 150 Å². The number of piperazine rings is 2. The lowest BCUT2D eigenvalue weighted by Crippen LogP contribution is -2.64. The number of fused-ring (bicyclic) bond motifs is 1. The number of carbonyl (C=O) groups excluding carboxylic acids is 1. The fraction of sp³-hybridized carbons (Fsp3) is 0.353. The summed E-state index contributed by atoms with van der Waals surface area (Å²) in [6.45, 7) is 3.01. The molecule has 26 heavy (non-hydrogen) atoms. The molecule has 1 atom stereocenters. The Kier molecular flexibility index (Phi) is 3.99. The Bertz CT molecular complexity index is 923. The number of carbonyl (C=O) groups is 1. The minimum Gasteiger partial charge on any atom is -0.307 e. The Hall–Kier alpha value is -3.43. The summed E-state index contributed by atoms with van der Waals surface area (Å²) in [4.78, 5) is 22.5. The second-order valence-electron chi connectivity index (χ2n) is 6.24. The summed E-state index contributed by atoms with van der Waals surface area (Å²) < 4.78 is 1.55. The van der Waals surface area contributed by atoms with Gasteiger partial charge >= 0.3 is 0 Å². The maximum absolute atomic E-state index is 12.9. The highest BCUT2D eigenvalue weighted by atomic mass is 16.2. The van der Waals surface area contributed by atoms with Crippen LogP contribution in [-0.4, -0.2) is 69.2 Å². The second-order valence-corrected chi connectivity index (χ2v) is 6.24. The van der Waals surface area contributed by atoms with Gasteiger partial charge < -0.3 is 4.90 Å². The van der Waals surface area contributed by atoms with E-state index in [-0.39, 0.29) is 11.9 Å². The molecule has 2 saturated heterocycles. The number of anilines is 1. The first-order chi connectivity index (χ1) is 12.7. The average molecular weight is 348 g/mol. The molecule has 0 bridgehead atoms. The third kappa shape index (κ3) is 2.75. The molecule has 130 valence electrons. The molecule has 2 aromatic rings. The minimum absolute atomic E-state index is 0.0836. The largest absolute Gasteiger partial charge is 0.307 e. The molecule has 1 aromatic carbocycles. The van der Waals surface area contributed by atoms with Gasteiger partial charge in [-0.2, -0.15) is 15.5 Å². The van der Waals surface area contributed by atoms with Crippen LogP contribution in [0.2, 0.25) is 0 Å². The van der Waals surface area contributed by atoms with E-state index >= 15 is 0 Å². The van der Waals surface area contributed by atoms with Gasteiger partial charge in [-0.15, -0.1) is 5.10 Å². The van der Waals surface area contributed by atoms with Crippen LogP contribution in [0.1, 0.15) is 5.56 Å². The number of aromatic nitrogens is 3. The quantitative estimate of drug-likeness (QED) is 0.701. The van der Waals surface area contributed by atoms with Gasteiger partial charge in [0.15, 0.2) is 6.19 Å². The van der Waals surface area contributed by atoms with Gasteiger partial charge in [-0.1, -0.05) is 6.07 Å². The summed E-state index contributed by atoms with van der Waals surface area (Å²) in [5, 5.41) is 22.5. The molecule has 0 saturated carbocycles. The van der Waals surface area contributed by atoms with Crippen LogP contribution in [0.5, 0.6) is 0 Å². The highest BCUT2D eigenvalue weighted by Crippen LogP contribution is 2.21. The fourth-order valence-electron chi connectivity index (χ4n) is 3.35. The molecule has 4 rings (SSSR count). The van der Waals surface area contributed by atoms with E-state index in [4.69, 9.17) is 10.5 Å². The molecule has 0 N–H and O–H groups in total. The summed E-state index contributed by atoms with van der Waals surface area (Å²) in [5.74, 6) is 0.255. The SMILES string of the molecule is N#Cc1cccc(-n2cnc(N3CCN4CCN(C#N)CC4C3=O)n2)c1. The van der Waals surface area contributed by atoms with E-state index in [1.54, 1.807) is 32.7 Å². The van der Waals surface area contributed by atoms with Gasteiger partial charge in [-0.05, 0) is 18.2 Å². The fourth-order valence-corrected chi connectivity index (χ4v) is 3.35. The first kappa shape index (κ1) is 16.1.